The van der Waals surface area contributed by atoms with Crippen molar-refractivity contribution in [2.24, 2.45) is 0 Å². The predicted octanol–water partition coefficient (Wildman–Crippen LogP) is 3.16. The van der Waals surface area contributed by atoms with Crippen molar-refractivity contribution in [1.29, 1.82) is 0 Å². The van der Waals surface area contributed by atoms with Gasteiger partial charge < -0.3 is 30.5 Å². The average Bonchev–Trinajstić information content (AvgIpc) is 2.76. The number of nitrogens with one attached hydrogen (secondary N) is 1. The molecule has 1 amide bonds. The fraction of sp³-hybridized carbons (Fsp3) is 0.958. The first-order valence-corrected chi connectivity index (χ1v) is 12.6. The maximum Gasteiger partial charge on any atom is 0.222 e. The molecular formula is C24H47NO6. The maximum absolute atomic E-state index is 12.1. The van der Waals surface area contributed by atoms with Gasteiger partial charge in [0.1, 0.15) is 24.4 Å². The molecule has 0 aromatic carbocycles. The van der Waals surface area contributed by atoms with Crippen LogP contribution in [0.15, 0.2) is 0 Å². The molecule has 0 saturated carbocycles. The summed E-state index contributed by atoms with van der Waals surface area (Å²) in [5, 5.41) is 41.2. The summed E-state index contributed by atoms with van der Waals surface area (Å²) in [6.45, 7) is 1.75. The minimum Gasteiger partial charge on any atom is -0.394 e. The third kappa shape index (κ3) is 12.2. The second-order valence-electron chi connectivity index (χ2n) is 9.02. The van der Waals surface area contributed by atoms with Crippen molar-refractivity contribution in [2.75, 3.05) is 6.61 Å². The van der Waals surface area contributed by atoms with Gasteiger partial charge in [-0.05, 0) is 6.42 Å². The van der Waals surface area contributed by atoms with E-state index in [1.54, 1.807) is 0 Å². The van der Waals surface area contributed by atoms with Crippen LogP contribution < -0.4 is 5.32 Å². The number of aliphatic hydroxyl groups excluding tert-OH is 4. The highest BCUT2D eigenvalue weighted by molar-refractivity contribution is 5.76. The van der Waals surface area contributed by atoms with E-state index in [-0.39, 0.29) is 5.91 Å². The Balaban J connectivity index is 1.95. The van der Waals surface area contributed by atoms with Crippen LogP contribution in [0.5, 0.6) is 0 Å². The molecule has 0 aromatic rings. The number of hydrogen-bond acceptors (Lipinski definition) is 6. The number of ether oxygens (including phenoxy) is 1. The molecular weight excluding hydrogens is 398 g/mol. The largest absolute Gasteiger partial charge is 0.394 e. The molecule has 5 N–H and O–H groups in total. The lowest BCUT2D eigenvalue weighted by molar-refractivity contribution is -0.236. The maximum atomic E-state index is 12.1. The van der Waals surface area contributed by atoms with Gasteiger partial charge in [0.2, 0.25) is 5.91 Å². The zero-order valence-electron chi connectivity index (χ0n) is 19.5. The highest BCUT2D eigenvalue weighted by Gasteiger charge is 2.43. The van der Waals surface area contributed by atoms with Crippen molar-refractivity contribution in [2.45, 2.75) is 140 Å². The summed E-state index contributed by atoms with van der Waals surface area (Å²) in [7, 11) is 0. The monoisotopic (exact) mass is 445 g/mol. The van der Waals surface area contributed by atoms with E-state index in [2.05, 4.69) is 12.2 Å². The highest BCUT2D eigenvalue weighted by Crippen LogP contribution is 2.20. The molecule has 1 fully saturated rings. The van der Waals surface area contributed by atoms with Crippen LogP contribution in [0.1, 0.15) is 110 Å². The van der Waals surface area contributed by atoms with Gasteiger partial charge in [-0.15, -0.1) is 0 Å². The number of unbranched alkanes of at least 4 members (excludes halogenated alkanes) is 14. The van der Waals surface area contributed by atoms with Crippen molar-refractivity contribution in [3.05, 3.63) is 0 Å². The molecule has 0 radical (unpaired) electrons. The van der Waals surface area contributed by atoms with Gasteiger partial charge >= 0.3 is 0 Å². The van der Waals surface area contributed by atoms with Crippen molar-refractivity contribution in [1.82, 2.24) is 5.32 Å². The van der Waals surface area contributed by atoms with Gasteiger partial charge in [-0.2, -0.15) is 0 Å². The van der Waals surface area contributed by atoms with E-state index in [1.807, 2.05) is 0 Å². The van der Waals surface area contributed by atoms with Gasteiger partial charge in [0.05, 0.1) is 6.61 Å². The van der Waals surface area contributed by atoms with Crippen LogP contribution in [-0.2, 0) is 9.53 Å². The predicted molar refractivity (Wildman–Crippen MR) is 121 cm³/mol. The third-order valence-corrected chi connectivity index (χ3v) is 6.20. The lowest BCUT2D eigenvalue weighted by Crippen LogP contribution is -2.63. The lowest BCUT2D eigenvalue weighted by atomic mass is 9.98. The fourth-order valence-electron chi connectivity index (χ4n) is 4.11. The standard InChI is InChI=1S/C24H47NO6/c1-2-3-4-5-6-7-8-9-10-11-12-13-14-15-16-17-20(27)25-24-23(30)22(29)21(28)19(18-26)31-24/h19,21-24,26,28-30H,2-18H2,1H3,(H,25,27)/t19-,21-,22+,23-,24-/m1/s1. The first kappa shape index (κ1) is 28.3. The first-order valence-electron chi connectivity index (χ1n) is 12.6. The van der Waals surface area contributed by atoms with Crippen LogP contribution >= 0.6 is 0 Å². The molecule has 0 spiro atoms. The van der Waals surface area contributed by atoms with Gasteiger partial charge in [0.25, 0.3) is 0 Å². The van der Waals surface area contributed by atoms with Crippen molar-refractivity contribution in [3.63, 3.8) is 0 Å². The molecule has 1 aliphatic rings. The Hall–Kier alpha value is -0.730. The van der Waals surface area contributed by atoms with E-state index in [0.717, 1.165) is 19.3 Å². The van der Waals surface area contributed by atoms with Crippen LogP contribution in [-0.4, -0.2) is 63.6 Å². The summed E-state index contributed by atoms with van der Waals surface area (Å²) in [6, 6.07) is 0. The molecule has 7 heteroatoms. The summed E-state index contributed by atoms with van der Waals surface area (Å²) >= 11 is 0. The van der Waals surface area contributed by atoms with Gasteiger partial charge in [-0.1, -0.05) is 96.8 Å². The smallest absolute Gasteiger partial charge is 0.222 e. The van der Waals surface area contributed by atoms with Crippen LogP contribution in [0.2, 0.25) is 0 Å². The SMILES string of the molecule is CCCCCCCCCCCCCCCCCC(=O)N[C@@H]1O[C@H](CO)[C@@H](O)[C@H](O)[C@H]1O. The van der Waals surface area contributed by atoms with Gasteiger partial charge in [0.15, 0.2) is 6.23 Å². The number of aliphatic hydroxyl groups is 4. The van der Waals surface area contributed by atoms with Crippen LogP contribution in [0.25, 0.3) is 0 Å². The van der Waals surface area contributed by atoms with E-state index in [9.17, 15) is 25.2 Å². The zero-order valence-corrected chi connectivity index (χ0v) is 19.5. The van der Waals surface area contributed by atoms with Gasteiger partial charge in [-0.3, -0.25) is 4.79 Å². The second kappa shape index (κ2) is 17.8. The number of hydrogen-bond donors (Lipinski definition) is 5. The zero-order chi connectivity index (χ0) is 22.9. The Kier molecular flexibility index (Phi) is 16.2. The topological polar surface area (TPSA) is 119 Å². The second-order valence-corrected chi connectivity index (χ2v) is 9.02. The Bertz CT molecular complexity index is 448. The summed E-state index contributed by atoms with van der Waals surface area (Å²) in [5.74, 6) is -0.265. The molecule has 0 unspecified atom stereocenters. The molecule has 0 aromatic heterocycles. The summed E-state index contributed by atoms with van der Waals surface area (Å²) in [6.07, 6.45) is 12.8. The quantitative estimate of drug-likeness (QED) is 0.207. The molecule has 31 heavy (non-hydrogen) atoms. The van der Waals surface area contributed by atoms with E-state index in [4.69, 9.17) is 4.74 Å². The van der Waals surface area contributed by atoms with Gasteiger partial charge in [-0.25, -0.2) is 0 Å². The summed E-state index contributed by atoms with van der Waals surface area (Å²) < 4.78 is 5.29. The number of carbonyl (C=O) groups excluding carboxylic acids is 1. The lowest BCUT2D eigenvalue weighted by Gasteiger charge is -2.40. The number of carbonyl (C=O) groups is 1. The fourth-order valence-corrected chi connectivity index (χ4v) is 4.11. The van der Waals surface area contributed by atoms with Crippen molar-refractivity contribution >= 4 is 5.91 Å². The van der Waals surface area contributed by atoms with Crippen LogP contribution in [0.3, 0.4) is 0 Å². The molecule has 7 nitrogen and oxygen atoms in total. The van der Waals surface area contributed by atoms with E-state index in [0.29, 0.717) is 6.42 Å². The number of amides is 1. The number of rotatable bonds is 18. The Morgan fingerprint density at radius 2 is 1.16 bits per heavy atom. The van der Waals surface area contributed by atoms with Crippen molar-refractivity contribution < 1.29 is 30.0 Å². The minimum atomic E-state index is -1.47. The summed E-state index contributed by atoms with van der Waals surface area (Å²) in [5.41, 5.74) is 0. The molecule has 1 heterocycles. The Labute approximate surface area is 188 Å². The average molecular weight is 446 g/mol. The molecule has 0 bridgehead atoms. The minimum absolute atomic E-state index is 0.265. The highest BCUT2D eigenvalue weighted by atomic mass is 16.6. The van der Waals surface area contributed by atoms with E-state index >= 15 is 0 Å². The molecule has 0 aliphatic carbocycles. The third-order valence-electron chi connectivity index (χ3n) is 6.20. The van der Waals surface area contributed by atoms with E-state index < -0.39 is 37.3 Å². The summed E-state index contributed by atoms with van der Waals surface area (Å²) in [4.78, 5) is 12.1. The molecule has 5 atom stereocenters. The normalized spacial score (nSPS) is 26.2. The van der Waals surface area contributed by atoms with Gasteiger partial charge in [0, 0.05) is 6.42 Å². The molecule has 184 valence electrons. The Morgan fingerprint density at radius 1 is 0.710 bits per heavy atom. The molecule has 1 aliphatic heterocycles. The molecule has 1 rings (SSSR count). The van der Waals surface area contributed by atoms with Crippen LogP contribution in [0.4, 0.5) is 0 Å². The first-order chi connectivity index (χ1) is 15.0. The van der Waals surface area contributed by atoms with Crippen LogP contribution in [0, 0.1) is 0 Å². The Morgan fingerprint density at radius 3 is 1.61 bits per heavy atom. The van der Waals surface area contributed by atoms with Crippen molar-refractivity contribution in [3.8, 4) is 0 Å². The molecule has 1 saturated heterocycles. The van der Waals surface area contributed by atoms with E-state index in [1.165, 1.54) is 77.0 Å².